The number of benzene rings is 2. The van der Waals surface area contributed by atoms with E-state index in [-0.39, 0.29) is 0 Å². The molecule has 0 aliphatic heterocycles. The van der Waals surface area contributed by atoms with E-state index in [1.807, 2.05) is 0 Å². The molecule has 0 aliphatic rings. The number of hydrogen-bond acceptors (Lipinski definition) is 5. The summed E-state index contributed by atoms with van der Waals surface area (Å²) in [6.07, 6.45) is 5.18. The molecule has 0 spiro atoms. The van der Waals surface area contributed by atoms with E-state index in [2.05, 4.69) is 70.7 Å². The number of aryl methyl sites for hydroxylation is 1. The summed E-state index contributed by atoms with van der Waals surface area (Å²) >= 11 is 1.68. The lowest BCUT2D eigenvalue weighted by Crippen LogP contribution is -2.16. The molecule has 0 aliphatic carbocycles. The topological polar surface area (TPSA) is 67.8 Å². The van der Waals surface area contributed by atoms with Crippen LogP contribution in [0.3, 0.4) is 0 Å². The normalized spacial score (nSPS) is 12.0. The highest BCUT2D eigenvalue weighted by atomic mass is 32.1. The molecule has 2 aromatic carbocycles. The van der Waals surface area contributed by atoms with E-state index in [9.17, 15) is 4.57 Å². The zero-order chi connectivity index (χ0) is 22.4. The van der Waals surface area contributed by atoms with Gasteiger partial charge in [-0.05, 0) is 84.3 Å². The summed E-state index contributed by atoms with van der Waals surface area (Å²) in [6.45, 7) is 2.46. The zero-order valence-electron chi connectivity index (χ0n) is 18.3. The predicted octanol–water partition coefficient (Wildman–Crippen LogP) is 6.09. The Morgan fingerprint density at radius 1 is 0.938 bits per heavy atom. The van der Waals surface area contributed by atoms with Crippen molar-refractivity contribution in [1.29, 1.82) is 0 Å². The van der Waals surface area contributed by atoms with Crippen LogP contribution in [-0.2, 0) is 22.1 Å². The number of rotatable bonds is 15. The highest BCUT2D eigenvalue weighted by Gasteiger charge is 2.09. The van der Waals surface area contributed by atoms with E-state index in [0.717, 1.165) is 50.3 Å². The molecule has 1 aromatic heterocycles. The first-order valence-corrected chi connectivity index (χ1v) is 13.3. The molecular formula is C25H32NO4PS. The summed E-state index contributed by atoms with van der Waals surface area (Å²) < 4.78 is 21.4. The van der Waals surface area contributed by atoms with Crippen LogP contribution in [0.25, 0.3) is 11.1 Å². The minimum atomic E-state index is -2.82. The van der Waals surface area contributed by atoms with Crippen molar-refractivity contribution in [3.05, 3.63) is 76.5 Å². The van der Waals surface area contributed by atoms with Gasteiger partial charge >= 0.3 is 8.25 Å². The van der Waals surface area contributed by atoms with Crippen LogP contribution in [0.4, 0.5) is 0 Å². The summed E-state index contributed by atoms with van der Waals surface area (Å²) in [5.74, 6) is 0.927. The quantitative estimate of drug-likeness (QED) is 0.207. The third-order valence-electron chi connectivity index (χ3n) is 5.14. The average Bonchev–Trinajstić information content (AvgIpc) is 3.34. The van der Waals surface area contributed by atoms with Gasteiger partial charge in [-0.1, -0.05) is 36.4 Å². The predicted molar refractivity (Wildman–Crippen MR) is 133 cm³/mol. The van der Waals surface area contributed by atoms with Crippen LogP contribution >= 0.6 is 19.6 Å². The Kier molecular flexibility index (Phi) is 11.0. The maximum Gasteiger partial charge on any atom is 0.316 e. The van der Waals surface area contributed by atoms with E-state index in [1.165, 1.54) is 23.1 Å². The second kappa shape index (κ2) is 14.2. The molecule has 0 radical (unpaired) electrons. The summed E-state index contributed by atoms with van der Waals surface area (Å²) in [7, 11) is -2.82. The highest BCUT2D eigenvalue weighted by Crippen LogP contribution is 2.33. The third kappa shape index (κ3) is 8.89. The lowest BCUT2D eigenvalue weighted by Gasteiger charge is -2.13. The third-order valence-corrected chi connectivity index (χ3v) is 6.27. The molecule has 32 heavy (non-hydrogen) atoms. The molecule has 2 N–H and O–H groups in total. The van der Waals surface area contributed by atoms with Crippen molar-refractivity contribution in [3.63, 3.8) is 0 Å². The summed E-state index contributed by atoms with van der Waals surface area (Å²) in [5.41, 5.74) is 4.88. The number of unbranched alkanes of at least 4 members (excludes halogenated alkanes) is 2. The number of hydrogen-bond donors (Lipinski definition) is 2. The van der Waals surface area contributed by atoms with E-state index in [4.69, 9.17) is 14.2 Å². The summed E-state index contributed by atoms with van der Waals surface area (Å²) in [4.78, 5) is 8.68. The molecule has 0 bridgehead atoms. The fourth-order valence-electron chi connectivity index (χ4n) is 3.48. The van der Waals surface area contributed by atoms with Gasteiger partial charge in [-0.3, -0.25) is 4.57 Å². The van der Waals surface area contributed by atoms with Crippen LogP contribution in [-0.4, -0.2) is 24.7 Å². The lowest BCUT2D eigenvalue weighted by atomic mass is 10.0. The van der Waals surface area contributed by atoms with Crippen LogP contribution in [0.5, 0.6) is 5.75 Å². The van der Waals surface area contributed by atoms with E-state index in [0.29, 0.717) is 13.0 Å². The lowest BCUT2D eigenvalue weighted by molar-refractivity contribution is 0.276. The van der Waals surface area contributed by atoms with Gasteiger partial charge in [0.2, 0.25) is 0 Å². The first-order chi connectivity index (χ1) is 15.7. The molecule has 3 aromatic rings. The number of ether oxygens (including phenoxy) is 1. The molecule has 0 amide bonds. The first kappa shape index (κ1) is 24.7. The van der Waals surface area contributed by atoms with Gasteiger partial charge in [-0.25, -0.2) is 0 Å². The smallest absolute Gasteiger partial charge is 0.316 e. The van der Waals surface area contributed by atoms with Crippen molar-refractivity contribution in [2.45, 2.75) is 38.6 Å². The van der Waals surface area contributed by atoms with Crippen molar-refractivity contribution in [2.24, 2.45) is 0 Å². The van der Waals surface area contributed by atoms with Gasteiger partial charge < -0.3 is 19.5 Å². The van der Waals surface area contributed by atoms with E-state index in [1.54, 1.807) is 11.3 Å². The Labute approximate surface area is 195 Å². The van der Waals surface area contributed by atoms with Gasteiger partial charge in [0, 0.05) is 12.1 Å². The van der Waals surface area contributed by atoms with E-state index >= 15 is 0 Å². The molecule has 0 fully saturated rings. The maximum absolute atomic E-state index is 10.6. The fourth-order valence-corrected chi connectivity index (χ4v) is 4.46. The van der Waals surface area contributed by atoms with Crippen LogP contribution < -0.4 is 10.1 Å². The molecular weight excluding hydrogens is 441 g/mol. The van der Waals surface area contributed by atoms with Crippen LogP contribution in [0, 0.1) is 0 Å². The van der Waals surface area contributed by atoms with Crippen molar-refractivity contribution in [3.8, 4) is 16.9 Å². The van der Waals surface area contributed by atoms with Crippen molar-refractivity contribution < 1.29 is 18.7 Å². The molecule has 7 heteroatoms. The van der Waals surface area contributed by atoms with Gasteiger partial charge in [-0.15, -0.1) is 0 Å². The zero-order valence-corrected chi connectivity index (χ0v) is 20.1. The minimum Gasteiger partial charge on any atom is -0.493 e. The molecule has 5 nitrogen and oxygen atoms in total. The van der Waals surface area contributed by atoms with Crippen LogP contribution in [0.1, 0.15) is 36.8 Å². The monoisotopic (exact) mass is 473 g/mol. The molecule has 1 atom stereocenters. The minimum absolute atomic E-state index is 0.291. The van der Waals surface area contributed by atoms with Crippen molar-refractivity contribution in [1.82, 2.24) is 5.32 Å². The van der Waals surface area contributed by atoms with Gasteiger partial charge in [0.1, 0.15) is 5.75 Å². The molecule has 172 valence electrons. The Bertz CT molecular complexity index is 934. The SMILES string of the molecule is O=[PH](O)OCCCNCc1ccc(OCCCCCc2ccccc2)c(-c2ccsc2)c1. The molecule has 0 saturated heterocycles. The van der Waals surface area contributed by atoms with Gasteiger partial charge in [0.25, 0.3) is 0 Å². The maximum atomic E-state index is 10.6. The molecule has 3 rings (SSSR count). The largest absolute Gasteiger partial charge is 0.493 e. The second-order valence-electron chi connectivity index (χ2n) is 7.63. The Balaban J connectivity index is 1.45. The second-order valence-corrected chi connectivity index (χ2v) is 9.23. The van der Waals surface area contributed by atoms with E-state index < -0.39 is 8.25 Å². The van der Waals surface area contributed by atoms with Gasteiger partial charge in [0.15, 0.2) is 0 Å². The first-order valence-electron chi connectivity index (χ1n) is 11.1. The number of nitrogens with one attached hydrogen (secondary N) is 1. The summed E-state index contributed by atoms with van der Waals surface area (Å²) in [5, 5.41) is 7.59. The fraction of sp³-hybridized carbons (Fsp3) is 0.360. The summed E-state index contributed by atoms with van der Waals surface area (Å²) in [6, 6.07) is 19.1. The van der Waals surface area contributed by atoms with Gasteiger partial charge in [0.05, 0.1) is 13.2 Å². The highest BCUT2D eigenvalue weighted by molar-refractivity contribution is 7.32. The van der Waals surface area contributed by atoms with Crippen molar-refractivity contribution >= 4 is 19.6 Å². The molecule has 1 heterocycles. The van der Waals surface area contributed by atoms with Crippen molar-refractivity contribution in [2.75, 3.05) is 19.8 Å². The average molecular weight is 474 g/mol. The Morgan fingerprint density at radius 2 is 1.81 bits per heavy atom. The Morgan fingerprint density at radius 3 is 2.59 bits per heavy atom. The molecule has 0 saturated carbocycles. The molecule has 1 unspecified atom stereocenters. The van der Waals surface area contributed by atoms with Crippen LogP contribution in [0.2, 0.25) is 0 Å². The van der Waals surface area contributed by atoms with Gasteiger partial charge in [-0.2, -0.15) is 11.3 Å². The standard InChI is InChI=1S/C25H32NO4PS/c27-31(28)30-16-7-14-26-19-22-11-12-25(24(18-22)23-13-17-32-20-23)29-15-6-2-5-10-21-8-3-1-4-9-21/h1,3-4,8-9,11-13,17-18,20,26,31H,2,5-7,10,14-16,19H2,(H,27,28). The van der Waals surface area contributed by atoms with Crippen LogP contribution in [0.15, 0.2) is 65.4 Å². The number of thiophene rings is 1. The Hall–Kier alpha value is -1.95.